The fraction of sp³-hybridized carbons (Fsp3) is 0.750. The van der Waals surface area contributed by atoms with Crippen LogP contribution in [0.15, 0.2) is 24.5 Å². The van der Waals surface area contributed by atoms with Crippen LogP contribution in [-0.2, 0) is 23.1 Å². The van der Waals surface area contributed by atoms with Gasteiger partial charge in [-0.2, -0.15) is 13.2 Å². The molecule has 0 saturated heterocycles. The average Bonchev–Trinajstić information content (AvgIpc) is 2.61. The maximum atomic E-state index is 10.7. The molecule has 8 heteroatoms. The molecule has 28 heavy (non-hydrogen) atoms. The highest BCUT2D eigenvalue weighted by atomic mass is 32.2. The lowest BCUT2D eigenvalue weighted by Gasteiger charge is -2.08. The lowest BCUT2D eigenvalue weighted by molar-refractivity contribution is -0.697. The molecule has 0 radical (unpaired) electrons. The van der Waals surface area contributed by atoms with Gasteiger partial charge in [-0.1, -0.05) is 65.2 Å². The number of nitrogens with zero attached hydrogens (tertiary/aromatic N) is 1. The van der Waals surface area contributed by atoms with Crippen molar-refractivity contribution >= 4 is 10.1 Å². The summed E-state index contributed by atoms with van der Waals surface area (Å²) in [4.78, 5) is 0. The first kappa shape index (κ1) is 26.9. The summed E-state index contributed by atoms with van der Waals surface area (Å²) in [5.41, 5.74) is -4.18. The molecule has 0 N–H and O–H groups in total. The summed E-state index contributed by atoms with van der Waals surface area (Å²) < 4.78 is 61.2. The number of aromatic nitrogens is 1. The molecule has 1 aromatic heterocycles. The normalized spacial score (nSPS) is 11.8. The van der Waals surface area contributed by atoms with E-state index in [4.69, 9.17) is 13.0 Å². The van der Waals surface area contributed by atoms with E-state index in [9.17, 15) is 13.2 Å². The fourth-order valence-electron chi connectivity index (χ4n) is 2.70. The van der Waals surface area contributed by atoms with E-state index in [1.165, 1.54) is 82.7 Å². The second kappa shape index (κ2) is 14.8. The first-order valence-corrected chi connectivity index (χ1v) is 11.5. The molecule has 0 atom stereocenters. The van der Waals surface area contributed by atoms with Crippen molar-refractivity contribution in [1.82, 2.24) is 0 Å². The molecule has 0 spiro atoms. The van der Waals surface area contributed by atoms with Gasteiger partial charge in [0.25, 0.3) is 0 Å². The first-order valence-electron chi connectivity index (χ1n) is 10.1. The molecule has 0 aliphatic heterocycles. The van der Waals surface area contributed by atoms with Gasteiger partial charge in [0.05, 0.1) is 0 Å². The molecule has 0 amide bonds. The molecule has 1 rings (SSSR count). The summed E-state index contributed by atoms with van der Waals surface area (Å²) >= 11 is 0. The number of pyridine rings is 1. The third-order valence-electron chi connectivity index (χ3n) is 4.30. The molecule has 0 fully saturated rings. The number of halogens is 3. The predicted molar refractivity (Wildman–Crippen MR) is 104 cm³/mol. The number of hydrogen-bond donors (Lipinski definition) is 0. The van der Waals surface area contributed by atoms with Gasteiger partial charge in [0.15, 0.2) is 22.5 Å². The van der Waals surface area contributed by atoms with E-state index >= 15 is 0 Å². The van der Waals surface area contributed by atoms with Gasteiger partial charge in [0.2, 0.25) is 0 Å². The van der Waals surface area contributed by atoms with E-state index < -0.39 is 15.6 Å². The van der Waals surface area contributed by atoms with Crippen molar-refractivity contribution in [3.63, 3.8) is 0 Å². The van der Waals surface area contributed by atoms with Crippen molar-refractivity contribution in [3.8, 4) is 0 Å². The summed E-state index contributed by atoms with van der Waals surface area (Å²) in [5.74, 6) is 0. The third-order valence-corrected chi connectivity index (χ3v) is 4.87. The monoisotopic (exact) mass is 425 g/mol. The van der Waals surface area contributed by atoms with Crippen molar-refractivity contribution in [2.45, 2.75) is 96.5 Å². The number of hydrogen-bond acceptors (Lipinski definition) is 3. The predicted octanol–water partition coefficient (Wildman–Crippen LogP) is 5.51. The van der Waals surface area contributed by atoms with E-state index in [1.807, 2.05) is 0 Å². The van der Waals surface area contributed by atoms with Gasteiger partial charge >= 0.3 is 5.51 Å². The van der Waals surface area contributed by atoms with Gasteiger partial charge in [0, 0.05) is 18.6 Å². The van der Waals surface area contributed by atoms with Crippen LogP contribution in [0, 0.1) is 0 Å². The van der Waals surface area contributed by atoms with Crippen molar-refractivity contribution < 1.29 is 30.7 Å². The Morgan fingerprint density at radius 3 is 1.68 bits per heavy atom. The van der Waals surface area contributed by atoms with E-state index in [0.29, 0.717) is 0 Å². The highest BCUT2D eigenvalue weighted by Crippen LogP contribution is 2.20. The molecule has 4 nitrogen and oxygen atoms in total. The van der Waals surface area contributed by atoms with Crippen LogP contribution in [0.25, 0.3) is 0 Å². The molecule has 1 heterocycles. The van der Waals surface area contributed by atoms with E-state index in [0.717, 1.165) is 0 Å². The third kappa shape index (κ3) is 13.9. The fourth-order valence-corrected chi connectivity index (χ4v) is 2.70. The smallest absolute Gasteiger partial charge is 0.485 e. The standard InChI is InChI=1S/C19H34N.CHF3O3S/c1-3-5-6-7-8-9-10-11-12-16-20-17-14-19(13-4-2)15-18-20;2-1(3,4)8(5,6)7/h14-15,17-18H,3-13,16H2,1-2H3;(H,5,6,7)/q+1;/p-1. The first-order chi connectivity index (χ1) is 13.1. The van der Waals surface area contributed by atoms with Gasteiger partial charge in [-0.15, -0.1) is 0 Å². The van der Waals surface area contributed by atoms with Gasteiger partial charge in [0.1, 0.15) is 6.54 Å². The summed E-state index contributed by atoms with van der Waals surface area (Å²) in [6, 6.07) is 4.55. The van der Waals surface area contributed by atoms with E-state index in [-0.39, 0.29) is 0 Å². The average molecular weight is 426 g/mol. The zero-order valence-electron chi connectivity index (χ0n) is 17.0. The number of unbranched alkanes of at least 4 members (excludes halogenated alkanes) is 8. The lowest BCUT2D eigenvalue weighted by Crippen LogP contribution is -2.32. The number of aryl methyl sites for hydroxylation is 2. The van der Waals surface area contributed by atoms with Gasteiger partial charge in [-0.25, -0.2) is 13.0 Å². The Kier molecular flexibility index (Phi) is 14.2. The molecule has 0 saturated carbocycles. The minimum Gasteiger partial charge on any atom is -0.741 e. The molecule has 1 aromatic rings. The molecule has 0 aliphatic carbocycles. The summed E-state index contributed by atoms with van der Waals surface area (Å²) in [6.45, 7) is 5.71. The van der Waals surface area contributed by atoms with Crippen LogP contribution < -0.4 is 4.57 Å². The van der Waals surface area contributed by atoms with E-state index in [2.05, 4.69) is 42.9 Å². The Morgan fingerprint density at radius 1 is 0.857 bits per heavy atom. The summed E-state index contributed by atoms with van der Waals surface area (Å²) in [7, 11) is -6.09. The minimum atomic E-state index is -6.09. The molecule has 0 aromatic carbocycles. The second-order valence-corrected chi connectivity index (χ2v) is 8.29. The van der Waals surface area contributed by atoms with Crippen LogP contribution in [0.1, 0.15) is 83.6 Å². The van der Waals surface area contributed by atoms with Crippen molar-refractivity contribution in [2.24, 2.45) is 0 Å². The van der Waals surface area contributed by atoms with E-state index in [1.54, 1.807) is 0 Å². The van der Waals surface area contributed by atoms with Crippen molar-refractivity contribution in [3.05, 3.63) is 30.1 Å². The largest absolute Gasteiger partial charge is 0.741 e. The van der Waals surface area contributed by atoms with Crippen LogP contribution >= 0.6 is 0 Å². The zero-order chi connectivity index (χ0) is 21.5. The molecule has 0 aliphatic rings. The molecule has 0 bridgehead atoms. The van der Waals surface area contributed by atoms with Crippen molar-refractivity contribution in [2.75, 3.05) is 0 Å². The Hall–Kier alpha value is -1.15. The molecular formula is C20H34F3NO3S. The Bertz CT molecular complexity index is 602. The second-order valence-electron chi connectivity index (χ2n) is 6.92. The number of rotatable bonds is 12. The van der Waals surface area contributed by atoms with Gasteiger partial charge in [-0.05, 0) is 18.4 Å². The maximum absolute atomic E-state index is 10.7. The maximum Gasteiger partial charge on any atom is 0.485 e. The van der Waals surface area contributed by atoms with Crippen LogP contribution in [0.4, 0.5) is 13.2 Å². The minimum absolute atomic E-state index is 1.18. The highest BCUT2D eigenvalue weighted by Gasteiger charge is 2.36. The van der Waals surface area contributed by atoms with Gasteiger partial charge < -0.3 is 4.55 Å². The Morgan fingerprint density at radius 2 is 1.29 bits per heavy atom. The SMILES string of the molecule is CCCCCCCCCCC[n+]1ccc(CCC)cc1.O=S(=O)([O-])C(F)(F)F. The van der Waals surface area contributed by atoms with Crippen LogP contribution in [-0.4, -0.2) is 18.5 Å². The van der Waals surface area contributed by atoms with Gasteiger partial charge in [-0.3, -0.25) is 0 Å². The Labute approximate surface area is 167 Å². The highest BCUT2D eigenvalue weighted by molar-refractivity contribution is 7.86. The van der Waals surface area contributed by atoms with Crippen molar-refractivity contribution in [1.29, 1.82) is 0 Å². The Balaban J connectivity index is 0.000000769. The molecule has 164 valence electrons. The lowest BCUT2D eigenvalue weighted by atomic mass is 10.1. The zero-order valence-corrected chi connectivity index (χ0v) is 17.8. The van der Waals surface area contributed by atoms with Crippen LogP contribution in [0.3, 0.4) is 0 Å². The molecule has 0 unspecified atom stereocenters. The number of alkyl halides is 3. The van der Waals surface area contributed by atoms with Crippen LogP contribution in [0.2, 0.25) is 0 Å². The van der Waals surface area contributed by atoms with Crippen LogP contribution in [0.5, 0.6) is 0 Å². The summed E-state index contributed by atoms with van der Waals surface area (Å²) in [5, 5.41) is 0. The molecular weight excluding hydrogens is 391 g/mol. The quantitative estimate of drug-likeness (QED) is 0.192. The summed E-state index contributed by atoms with van der Waals surface area (Å²) in [6.07, 6.45) is 19.6. The topological polar surface area (TPSA) is 61.1 Å².